The molecule has 7 heteroatoms. The first-order chi connectivity index (χ1) is 9.09. The Labute approximate surface area is 117 Å². The summed E-state index contributed by atoms with van der Waals surface area (Å²) < 4.78 is 0. The molecule has 1 heterocycles. The summed E-state index contributed by atoms with van der Waals surface area (Å²) in [5, 5.41) is 20.7. The molecule has 2 atom stereocenters. The lowest BCUT2D eigenvalue weighted by Crippen LogP contribution is -2.54. The summed E-state index contributed by atoms with van der Waals surface area (Å²) in [6, 6.07) is -0.337. The predicted molar refractivity (Wildman–Crippen MR) is 71.2 cm³/mol. The van der Waals surface area contributed by atoms with Gasteiger partial charge in [0.25, 0.3) is 0 Å². The summed E-state index contributed by atoms with van der Waals surface area (Å²) in [6.07, 6.45) is 0.327. The molecular formula is C13H22N2O5. The monoisotopic (exact) mass is 286 g/mol. The number of carbonyl (C=O) groups is 3. The zero-order valence-electron chi connectivity index (χ0n) is 12.0. The van der Waals surface area contributed by atoms with E-state index in [0.29, 0.717) is 13.0 Å². The standard InChI is InChI=1S/C13H22N2O5/c1-13(2,3)12(20)14-9-4-8(11(18)19)5-15(6-9)7-10(16)17/h8-9H,4-7H2,1-3H3,(H,14,20)(H,16,17)(H,18,19). The van der Waals surface area contributed by atoms with Crippen LogP contribution in [-0.2, 0) is 14.4 Å². The number of carboxylic acids is 2. The van der Waals surface area contributed by atoms with Gasteiger partial charge in [-0.1, -0.05) is 20.8 Å². The number of rotatable bonds is 4. The second-order valence-electron chi connectivity index (χ2n) is 6.28. The Bertz CT molecular complexity index is 402. The van der Waals surface area contributed by atoms with Gasteiger partial charge in [0.2, 0.25) is 5.91 Å². The molecule has 1 fully saturated rings. The number of hydrogen-bond acceptors (Lipinski definition) is 4. The summed E-state index contributed by atoms with van der Waals surface area (Å²) in [6.45, 7) is 5.66. The van der Waals surface area contributed by atoms with Gasteiger partial charge < -0.3 is 15.5 Å². The first kappa shape index (κ1) is 16.4. The molecule has 1 amide bonds. The third-order valence-corrected chi connectivity index (χ3v) is 3.25. The molecule has 1 aliphatic rings. The molecule has 0 bridgehead atoms. The third kappa shape index (κ3) is 4.80. The molecule has 0 aromatic carbocycles. The lowest BCUT2D eigenvalue weighted by atomic mass is 9.91. The Hall–Kier alpha value is -1.63. The number of amides is 1. The Morgan fingerprint density at radius 2 is 1.80 bits per heavy atom. The Balaban J connectivity index is 2.72. The fraction of sp³-hybridized carbons (Fsp3) is 0.769. The quantitative estimate of drug-likeness (QED) is 0.672. The van der Waals surface area contributed by atoms with Crippen molar-refractivity contribution in [1.29, 1.82) is 0 Å². The van der Waals surface area contributed by atoms with E-state index in [1.807, 2.05) is 0 Å². The SMILES string of the molecule is CC(C)(C)C(=O)NC1CC(C(=O)O)CN(CC(=O)O)C1. The number of aliphatic carboxylic acids is 2. The third-order valence-electron chi connectivity index (χ3n) is 3.25. The summed E-state index contributed by atoms with van der Waals surface area (Å²) in [7, 11) is 0. The average Bonchev–Trinajstić information content (AvgIpc) is 2.26. The van der Waals surface area contributed by atoms with E-state index < -0.39 is 23.3 Å². The second-order valence-corrected chi connectivity index (χ2v) is 6.28. The number of carboxylic acid groups (broad SMARTS) is 2. The van der Waals surface area contributed by atoms with Gasteiger partial charge in [-0.25, -0.2) is 0 Å². The van der Waals surface area contributed by atoms with Crippen LogP contribution in [0.5, 0.6) is 0 Å². The first-order valence-electron chi connectivity index (χ1n) is 6.57. The van der Waals surface area contributed by atoms with E-state index in [9.17, 15) is 14.4 Å². The average molecular weight is 286 g/mol. The van der Waals surface area contributed by atoms with Crippen LogP contribution in [0, 0.1) is 11.3 Å². The maximum absolute atomic E-state index is 11.9. The highest BCUT2D eigenvalue weighted by Gasteiger charge is 2.34. The molecule has 2 unspecified atom stereocenters. The lowest BCUT2D eigenvalue weighted by Gasteiger charge is -2.36. The van der Waals surface area contributed by atoms with Gasteiger partial charge >= 0.3 is 11.9 Å². The van der Waals surface area contributed by atoms with E-state index in [1.165, 1.54) is 0 Å². The van der Waals surface area contributed by atoms with Crippen molar-refractivity contribution in [3.05, 3.63) is 0 Å². The maximum atomic E-state index is 11.9. The molecule has 1 aliphatic heterocycles. The van der Waals surface area contributed by atoms with E-state index >= 15 is 0 Å². The van der Waals surface area contributed by atoms with E-state index in [2.05, 4.69) is 5.32 Å². The minimum atomic E-state index is -1.00. The van der Waals surface area contributed by atoms with Gasteiger partial charge in [-0.3, -0.25) is 19.3 Å². The largest absolute Gasteiger partial charge is 0.481 e. The van der Waals surface area contributed by atoms with Crippen molar-refractivity contribution < 1.29 is 24.6 Å². The van der Waals surface area contributed by atoms with Crippen molar-refractivity contribution in [1.82, 2.24) is 10.2 Å². The van der Waals surface area contributed by atoms with E-state index in [0.717, 1.165) is 0 Å². The molecule has 0 aromatic rings. The molecule has 0 radical (unpaired) electrons. The summed E-state index contributed by atoms with van der Waals surface area (Å²) in [4.78, 5) is 35.4. The maximum Gasteiger partial charge on any atom is 0.317 e. The topological polar surface area (TPSA) is 107 Å². The van der Waals surface area contributed by atoms with Gasteiger partial charge in [0.1, 0.15) is 0 Å². The molecule has 0 spiro atoms. The summed E-state index contributed by atoms with van der Waals surface area (Å²) in [5.74, 6) is -2.79. The van der Waals surface area contributed by atoms with Crippen molar-refractivity contribution >= 4 is 17.8 Å². The van der Waals surface area contributed by atoms with Crippen molar-refractivity contribution in [2.24, 2.45) is 11.3 Å². The second kappa shape index (κ2) is 6.21. The predicted octanol–water partition coefficient (Wildman–Crippen LogP) is 0.00840. The number of nitrogens with one attached hydrogen (secondary N) is 1. The minimum Gasteiger partial charge on any atom is -0.481 e. The van der Waals surface area contributed by atoms with E-state index in [4.69, 9.17) is 10.2 Å². The van der Waals surface area contributed by atoms with Crippen molar-refractivity contribution in [2.75, 3.05) is 19.6 Å². The lowest BCUT2D eigenvalue weighted by molar-refractivity contribution is -0.147. The number of likely N-dealkylation sites (tertiary alicyclic amines) is 1. The van der Waals surface area contributed by atoms with Crippen LogP contribution >= 0.6 is 0 Å². The molecule has 0 aromatic heterocycles. The summed E-state index contributed by atoms with van der Waals surface area (Å²) >= 11 is 0. The van der Waals surface area contributed by atoms with E-state index in [-0.39, 0.29) is 25.0 Å². The molecule has 0 aliphatic carbocycles. The highest BCUT2D eigenvalue weighted by atomic mass is 16.4. The van der Waals surface area contributed by atoms with Crippen molar-refractivity contribution in [3.63, 3.8) is 0 Å². The Kier molecular flexibility index (Phi) is 5.10. The number of nitrogens with zero attached hydrogens (tertiary/aromatic N) is 1. The van der Waals surface area contributed by atoms with E-state index in [1.54, 1.807) is 25.7 Å². The fourth-order valence-electron chi connectivity index (χ4n) is 2.20. The molecule has 1 saturated heterocycles. The molecule has 1 rings (SSSR count). The van der Waals surface area contributed by atoms with Crippen LogP contribution in [0.2, 0.25) is 0 Å². The van der Waals surface area contributed by atoms with Crippen LogP contribution in [0.3, 0.4) is 0 Å². The fourth-order valence-corrected chi connectivity index (χ4v) is 2.20. The van der Waals surface area contributed by atoms with Crippen LogP contribution in [0.25, 0.3) is 0 Å². The van der Waals surface area contributed by atoms with Gasteiger partial charge in [0.05, 0.1) is 12.5 Å². The normalized spacial score (nSPS) is 24.1. The van der Waals surface area contributed by atoms with Crippen LogP contribution in [0.1, 0.15) is 27.2 Å². The Morgan fingerprint density at radius 1 is 1.20 bits per heavy atom. The zero-order valence-corrected chi connectivity index (χ0v) is 12.0. The Morgan fingerprint density at radius 3 is 2.25 bits per heavy atom. The zero-order chi connectivity index (χ0) is 15.5. The van der Waals surface area contributed by atoms with Gasteiger partial charge in [-0.15, -0.1) is 0 Å². The highest BCUT2D eigenvalue weighted by Crippen LogP contribution is 2.19. The van der Waals surface area contributed by atoms with Gasteiger partial charge in [-0.2, -0.15) is 0 Å². The van der Waals surface area contributed by atoms with Crippen molar-refractivity contribution in [3.8, 4) is 0 Å². The minimum absolute atomic E-state index is 0.163. The van der Waals surface area contributed by atoms with Gasteiger partial charge in [0, 0.05) is 24.5 Å². The first-order valence-corrected chi connectivity index (χ1v) is 6.57. The molecule has 7 nitrogen and oxygen atoms in total. The molecule has 114 valence electrons. The smallest absolute Gasteiger partial charge is 0.317 e. The van der Waals surface area contributed by atoms with Crippen molar-refractivity contribution in [2.45, 2.75) is 33.2 Å². The van der Waals surface area contributed by atoms with Crippen LogP contribution < -0.4 is 5.32 Å². The molecule has 0 saturated carbocycles. The summed E-state index contributed by atoms with van der Waals surface area (Å²) in [5.41, 5.74) is -0.562. The molecule has 3 N–H and O–H groups in total. The van der Waals surface area contributed by atoms with Gasteiger partial charge in [-0.05, 0) is 6.42 Å². The van der Waals surface area contributed by atoms with Gasteiger partial charge in [0.15, 0.2) is 0 Å². The molecular weight excluding hydrogens is 264 g/mol. The van der Waals surface area contributed by atoms with Crippen LogP contribution in [0.4, 0.5) is 0 Å². The number of piperidine rings is 1. The molecule has 20 heavy (non-hydrogen) atoms. The van der Waals surface area contributed by atoms with Crippen LogP contribution in [-0.4, -0.2) is 58.6 Å². The number of hydrogen-bond donors (Lipinski definition) is 3. The highest BCUT2D eigenvalue weighted by molar-refractivity contribution is 5.81. The number of carbonyl (C=O) groups excluding carboxylic acids is 1. The van der Waals surface area contributed by atoms with Crippen LogP contribution in [0.15, 0.2) is 0 Å².